The fraction of sp³-hybridized carbons (Fsp3) is 0.333. The quantitative estimate of drug-likeness (QED) is 0.845. The number of methoxy groups -OCH3 is 1. The Kier molecular flexibility index (Phi) is 5.23. The minimum Gasteiger partial charge on any atom is -0.497 e. The molecule has 2 amide bonds. The summed E-state index contributed by atoms with van der Waals surface area (Å²) in [5.74, 6) is 0.457. The van der Waals surface area contributed by atoms with Crippen molar-refractivity contribution < 1.29 is 14.3 Å². The van der Waals surface area contributed by atoms with E-state index < -0.39 is 0 Å². The molecule has 2 aromatic rings. The molecule has 1 fully saturated rings. The van der Waals surface area contributed by atoms with E-state index in [1.807, 2.05) is 24.3 Å². The van der Waals surface area contributed by atoms with E-state index in [1.165, 1.54) is 18.6 Å². The molecule has 0 atom stereocenters. The van der Waals surface area contributed by atoms with Crippen molar-refractivity contribution >= 4 is 11.8 Å². The maximum absolute atomic E-state index is 12.1. The highest BCUT2D eigenvalue weighted by atomic mass is 16.5. The predicted molar refractivity (Wildman–Crippen MR) is 91.1 cm³/mol. The van der Waals surface area contributed by atoms with Gasteiger partial charge in [0, 0.05) is 32.0 Å². The van der Waals surface area contributed by atoms with Crippen LogP contribution in [0.3, 0.4) is 0 Å². The van der Waals surface area contributed by atoms with Crippen LogP contribution in [0, 0.1) is 5.92 Å². The van der Waals surface area contributed by atoms with Crippen molar-refractivity contribution in [1.82, 2.24) is 20.2 Å². The Labute approximate surface area is 146 Å². The summed E-state index contributed by atoms with van der Waals surface area (Å²) in [7, 11) is 1.63. The molecular formula is C18H20N4O3. The van der Waals surface area contributed by atoms with E-state index in [2.05, 4.69) is 15.3 Å². The van der Waals surface area contributed by atoms with Crippen LogP contribution < -0.4 is 10.1 Å². The largest absolute Gasteiger partial charge is 0.497 e. The molecule has 1 aromatic carbocycles. The Bertz CT molecular complexity index is 728. The molecule has 3 rings (SSSR count). The monoisotopic (exact) mass is 340 g/mol. The lowest BCUT2D eigenvalue weighted by molar-refractivity contribution is -0.128. The first kappa shape index (κ1) is 16.9. The molecule has 1 saturated heterocycles. The minimum absolute atomic E-state index is 0.0169. The van der Waals surface area contributed by atoms with Crippen LogP contribution in [0.25, 0.3) is 0 Å². The number of hydrogen-bond donors (Lipinski definition) is 1. The molecule has 0 spiro atoms. The number of rotatable bonds is 6. The van der Waals surface area contributed by atoms with Gasteiger partial charge in [0.2, 0.25) is 5.91 Å². The zero-order valence-electron chi connectivity index (χ0n) is 14.0. The molecule has 0 unspecified atom stereocenters. The van der Waals surface area contributed by atoms with Gasteiger partial charge in [-0.1, -0.05) is 12.1 Å². The highest BCUT2D eigenvalue weighted by Crippen LogP contribution is 2.18. The molecule has 130 valence electrons. The number of ether oxygens (including phenoxy) is 1. The maximum Gasteiger partial charge on any atom is 0.274 e. The van der Waals surface area contributed by atoms with Crippen molar-refractivity contribution in [3.8, 4) is 5.75 Å². The zero-order valence-corrected chi connectivity index (χ0v) is 14.0. The van der Waals surface area contributed by atoms with E-state index in [4.69, 9.17) is 4.74 Å². The Morgan fingerprint density at radius 1 is 1.24 bits per heavy atom. The molecule has 25 heavy (non-hydrogen) atoms. The summed E-state index contributed by atoms with van der Waals surface area (Å²) in [5.41, 5.74) is 1.44. The lowest BCUT2D eigenvalue weighted by Gasteiger charge is -2.37. The molecule has 1 aliphatic rings. The van der Waals surface area contributed by atoms with Gasteiger partial charge in [-0.15, -0.1) is 0 Å². The van der Waals surface area contributed by atoms with Crippen molar-refractivity contribution in [2.75, 3.05) is 26.7 Å². The van der Waals surface area contributed by atoms with E-state index in [1.54, 1.807) is 12.0 Å². The number of carbonyl (C=O) groups is 2. The van der Waals surface area contributed by atoms with Crippen LogP contribution in [-0.4, -0.2) is 53.4 Å². The van der Waals surface area contributed by atoms with Crippen molar-refractivity contribution in [1.29, 1.82) is 0 Å². The predicted octanol–water partition coefficient (Wildman–Crippen LogP) is 0.916. The van der Waals surface area contributed by atoms with Gasteiger partial charge in [-0.2, -0.15) is 0 Å². The Hall–Kier alpha value is -2.96. The van der Waals surface area contributed by atoms with Crippen LogP contribution in [0.2, 0.25) is 0 Å². The molecule has 1 N–H and O–H groups in total. The van der Waals surface area contributed by atoms with E-state index in [9.17, 15) is 9.59 Å². The second-order valence-electron chi connectivity index (χ2n) is 5.89. The lowest BCUT2D eigenvalue weighted by Crippen LogP contribution is -2.56. The zero-order chi connectivity index (χ0) is 17.6. The molecule has 0 saturated carbocycles. The molecule has 0 radical (unpaired) electrons. The van der Waals surface area contributed by atoms with Gasteiger partial charge < -0.3 is 15.0 Å². The summed E-state index contributed by atoms with van der Waals surface area (Å²) in [6.07, 6.45) is 5.19. The number of aromatic nitrogens is 2. The van der Waals surface area contributed by atoms with Crippen molar-refractivity contribution in [2.24, 2.45) is 5.92 Å². The number of likely N-dealkylation sites (tertiary alicyclic amines) is 1. The SMILES string of the molecule is COc1ccc(CCNC(=O)C2CN(C(=O)c3cnccn3)C2)cc1. The number of carbonyl (C=O) groups excluding carboxylic acids is 2. The van der Waals surface area contributed by atoms with Crippen LogP contribution >= 0.6 is 0 Å². The molecular weight excluding hydrogens is 320 g/mol. The fourth-order valence-electron chi connectivity index (χ4n) is 2.65. The Morgan fingerprint density at radius 3 is 2.64 bits per heavy atom. The lowest BCUT2D eigenvalue weighted by atomic mass is 9.98. The second kappa shape index (κ2) is 7.74. The molecule has 0 aliphatic carbocycles. The van der Waals surface area contributed by atoms with Gasteiger partial charge in [0.25, 0.3) is 5.91 Å². The van der Waals surface area contributed by atoms with Gasteiger partial charge in [-0.25, -0.2) is 4.98 Å². The number of benzene rings is 1. The average molecular weight is 340 g/mol. The number of nitrogens with zero attached hydrogens (tertiary/aromatic N) is 3. The van der Waals surface area contributed by atoms with Crippen molar-refractivity contribution in [2.45, 2.75) is 6.42 Å². The molecule has 2 heterocycles. The summed E-state index contributed by atoms with van der Waals surface area (Å²) in [6.45, 7) is 1.41. The fourth-order valence-corrected chi connectivity index (χ4v) is 2.65. The molecule has 7 nitrogen and oxygen atoms in total. The van der Waals surface area contributed by atoms with Crippen LogP contribution in [-0.2, 0) is 11.2 Å². The van der Waals surface area contributed by atoms with Gasteiger partial charge in [0.15, 0.2) is 0 Å². The summed E-state index contributed by atoms with van der Waals surface area (Å²) < 4.78 is 5.12. The normalized spacial score (nSPS) is 13.9. The summed E-state index contributed by atoms with van der Waals surface area (Å²) in [6, 6.07) is 7.77. The standard InChI is InChI=1S/C18H20N4O3/c1-25-15-4-2-13(3-5-15)6-7-21-17(23)14-11-22(12-14)18(24)16-10-19-8-9-20-16/h2-5,8-10,14H,6-7,11-12H2,1H3,(H,21,23). The van der Waals surface area contributed by atoms with E-state index in [0.29, 0.717) is 25.3 Å². The van der Waals surface area contributed by atoms with E-state index >= 15 is 0 Å². The van der Waals surface area contributed by atoms with Crippen LogP contribution in [0.5, 0.6) is 5.75 Å². The van der Waals surface area contributed by atoms with Gasteiger partial charge >= 0.3 is 0 Å². The molecule has 0 bridgehead atoms. The first-order chi connectivity index (χ1) is 12.2. The summed E-state index contributed by atoms with van der Waals surface area (Å²) in [4.78, 5) is 33.7. The van der Waals surface area contributed by atoms with Gasteiger partial charge in [-0.3, -0.25) is 14.6 Å². The third kappa shape index (κ3) is 4.12. The third-order valence-corrected chi connectivity index (χ3v) is 4.19. The van der Waals surface area contributed by atoms with Gasteiger partial charge in [0.1, 0.15) is 11.4 Å². The highest BCUT2D eigenvalue weighted by molar-refractivity contribution is 5.94. The average Bonchev–Trinajstić information content (AvgIpc) is 2.61. The van der Waals surface area contributed by atoms with E-state index in [0.717, 1.165) is 17.7 Å². The minimum atomic E-state index is -0.185. The number of amides is 2. The van der Waals surface area contributed by atoms with Crippen LogP contribution in [0.15, 0.2) is 42.9 Å². The van der Waals surface area contributed by atoms with Crippen LogP contribution in [0.4, 0.5) is 0 Å². The first-order valence-corrected chi connectivity index (χ1v) is 8.13. The molecule has 1 aromatic heterocycles. The third-order valence-electron chi connectivity index (χ3n) is 4.19. The van der Waals surface area contributed by atoms with Gasteiger partial charge in [0.05, 0.1) is 19.2 Å². The molecule has 7 heteroatoms. The number of hydrogen-bond acceptors (Lipinski definition) is 5. The maximum atomic E-state index is 12.1. The van der Waals surface area contributed by atoms with E-state index in [-0.39, 0.29) is 17.7 Å². The topological polar surface area (TPSA) is 84.4 Å². The molecule has 1 aliphatic heterocycles. The summed E-state index contributed by atoms with van der Waals surface area (Å²) in [5, 5.41) is 2.92. The van der Waals surface area contributed by atoms with Gasteiger partial charge in [-0.05, 0) is 24.1 Å². The Morgan fingerprint density at radius 2 is 2.00 bits per heavy atom. The van der Waals surface area contributed by atoms with Crippen LogP contribution in [0.1, 0.15) is 16.1 Å². The first-order valence-electron chi connectivity index (χ1n) is 8.13. The highest BCUT2D eigenvalue weighted by Gasteiger charge is 2.36. The number of nitrogens with one attached hydrogen (secondary N) is 1. The smallest absolute Gasteiger partial charge is 0.274 e. The van der Waals surface area contributed by atoms with Crippen molar-refractivity contribution in [3.05, 3.63) is 54.1 Å². The second-order valence-corrected chi connectivity index (χ2v) is 5.89. The van der Waals surface area contributed by atoms with Crippen molar-refractivity contribution in [3.63, 3.8) is 0 Å². The Balaban J connectivity index is 1.39. The summed E-state index contributed by atoms with van der Waals surface area (Å²) >= 11 is 0.